The fourth-order valence-electron chi connectivity index (χ4n) is 10.6. The van der Waals surface area contributed by atoms with Gasteiger partial charge in [0.1, 0.15) is 0 Å². The van der Waals surface area contributed by atoms with Crippen molar-refractivity contribution >= 4 is 89.8 Å². The van der Waals surface area contributed by atoms with Crippen molar-refractivity contribution in [2.45, 2.75) is 6.92 Å². The van der Waals surface area contributed by atoms with Gasteiger partial charge in [-0.1, -0.05) is 140 Å². The molecule has 2 aliphatic rings. The average molecular weight is 765 g/mol. The van der Waals surface area contributed by atoms with Gasteiger partial charge < -0.3 is 18.8 Å². The summed E-state index contributed by atoms with van der Waals surface area (Å²) >= 11 is 0. The maximum absolute atomic E-state index is 2.69. The topological polar surface area (TPSA) is 16.3 Å². The Morgan fingerprint density at radius 2 is 1.00 bits per heavy atom. The molecule has 280 valence electrons. The van der Waals surface area contributed by atoms with Gasteiger partial charge in [-0.05, 0) is 95.7 Å². The molecule has 0 saturated heterocycles. The van der Waals surface area contributed by atoms with Gasteiger partial charge in [0.2, 0.25) is 0 Å². The Morgan fingerprint density at radius 3 is 1.70 bits per heavy atom. The van der Waals surface area contributed by atoms with E-state index in [9.17, 15) is 0 Å². The smallest absolute Gasteiger partial charge is 0.333 e. The first kappa shape index (κ1) is 33.2. The normalized spacial score (nSPS) is 12.7. The van der Waals surface area contributed by atoms with Crippen LogP contribution in [0.25, 0.3) is 66.1 Å². The maximum Gasteiger partial charge on any atom is 0.333 e. The highest BCUT2D eigenvalue weighted by Gasteiger charge is 2.45. The maximum atomic E-state index is 2.69. The largest absolute Gasteiger partial charge is 0.374 e. The van der Waals surface area contributed by atoms with Gasteiger partial charge in [-0.2, -0.15) is 0 Å². The van der Waals surface area contributed by atoms with Crippen LogP contribution in [-0.4, -0.2) is 16.0 Å². The highest BCUT2D eigenvalue weighted by molar-refractivity contribution is 6.94. The molecular weight excluding hydrogens is 727 g/mol. The SMILES string of the molecule is Cc1ccccc1N1B2c3c(cc(N(c4ccccc4)c4ccccc4)cc3-n3c4ccccc4c4cccc2c43)-c2ccc3c4ccccc4n(-c4ccccc4)c3c21. The summed E-state index contributed by atoms with van der Waals surface area (Å²) in [5, 5.41) is 5.02. The highest BCUT2D eigenvalue weighted by Crippen LogP contribution is 2.51. The van der Waals surface area contributed by atoms with E-state index in [1.165, 1.54) is 88.3 Å². The van der Waals surface area contributed by atoms with Crippen molar-refractivity contribution in [2.75, 3.05) is 9.71 Å². The molecule has 0 saturated carbocycles. The van der Waals surface area contributed by atoms with E-state index in [4.69, 9.17) is 0 Å². The third-order valence-electron chi connectivity index (χ3n) is 13.0. The molecule has 11 aromatic rings. The second kappa shape index (κ2) is 12.6. The molecule has 2 aromatic heterocycles. The molecule has 0 aliphatic carbocycles. The second-order valence-electron chi connectivity index (χ2n) is 16.1. The highest BCUT2D eigenvalue weighted by atomic mass is 15.2. The number of fused-ring (bicyclic) bond motifs is 11. The fraction of sp³-hybridized carbons (Fsp3) is 0.0182. The standard InChI is InChI=1S/C55H37BN4/c1-36-18-11-14-29-48(36)60-55-45(33-32-44-42-26-12-15-30-49(42)58(54(44)55)39-23-9-4-10-24-39)46-34-40(57(37-19-5-2-6-20-37)38-21-7-3-8-22-38)35-51-52(46)56(60)47-28-17-27-43-41-25-13-16-31-50(41)59(51)53(43)47/h2-35H,1H3. The number of rotatable bonds is 5. The van der Waals surface area contributed by atoms with Crippen LogP contribution in [0.2, 0.25) is 0 Å². The van der Waals surface area contributed by atoms with E-state index in [-0.39, 0.29) is 6.85 Å². The Morgan fingerprint density at radius 1 is 0.417 bits per heavy atom. The Labute approximate surface area is 348 Å². The fourth-order valence-corrected chi connectivity index (χ4v) is 10.6. The summed E-state index contributed by atoms with van der Waals surface area (Å²) in [5.74, 6) is 0. The van der Waals surface area contributed by atoms with E-state index in [1.807, 2.05) is 0 Å². The number of para-hydroxylation sites is 7. The van der Waals surface area contributed by atoms with Gasteiger partial charge >= 0.3 is 6.85 Å². The van der Waals surface area contributed by atoms with Crippen molar-refractivity contribution < 1.29 is 0 Å². The molecule has 0 N–H and O–H groups in total. The van der Waals surface area contributed by atoms with Gasteiger partial charge in [-0.25, -0.2) is 0 Å². The molecule has 0 unspecified atom stereocenters. The zero-order chi connectivity index (χ0) is 39.5. The molecule has 0 fully saturated rings. The summed E-state index contributed by atoms with van der Waals surface area (Å²) in [6.45, 7) is 2.15. The molecular formula is C55H37BN4. The van der Waals surface area contributed by atoms with Crippen LogP contribution in [0.3, 0.4) is 0 Å². The monoisotopic (exact) mass is 764 g/mol. The minimum atomic E-state index is -0.118. The lowest BCUT2D eigenvalue weighted by atomic mass is 9.44. The number of hydrogen-bond acceptors (Lipinski definition) is 2. The second-order valence-corrected chi connectivity index (χ2v) is 16.1. The Hall–Kier alpha value is -7.76. The summed E-state index contributed by atoms with van der Waals surface area (Å²) in [7, 11) is 0. The van der Waals surface area contributed by atoms with Gasteiger partial charge in [0.25, 0.3) is 0 Å². The molecule has 9 aromatic carbocycles. The lowest BCUT2D eigenvalue weighted by Gasteiger charge is -2.43. The van der Waals surface area contributed by atoms with Crippen molar-refractivity contribution in [3.05, 3.63) is 212 Å². The van der Waals surface area contributed by atoms with Crippen molar-refractivity contribution in [2.24, 2.45) is 0 Å². The van der Waals surface area contributed by atoms with Crippen LogP contribution in [0.4, 0.5) is 28.4 Å². The zero-order valence-corrected chi connectivity index (χ0v) is 33.0. The summed E-state index contributed by atoms with van der Waals surface area (Å²) in [6, 6.07) is 76.0. The molecule has 0 bridgehead atoms. The minimum absolute atomic E-state index is 0.118. The van der Waals surface area contributed by atoms with E-state index in [1.54, 1.807) is 0 Å². The Bertz CT molecular complexity index is 3480. The van der Waals surface area contributed by atoms with Crippen molar-refractivity contribution in [3.63, 3.8) is 0 Å². The van der Waals surface area contributed by atoms with E-state index < -0.39 is 0 Å². The lowest BCUT2D eigenvalue weighted by Crippen LogP contribution is -2.60. The van der Waals surface area contributed by atoms with Gasteiger partial charge in [0.15, 0.2) is 0 Å². The van der Waals surface area contributed by atoms with Crippen LogP contribution < -0.4 is 20.6 Å². The van der Waals surface area contributed by atoms with Gasteiger partial charge in [0, 0.05) is 61.2 Å². The number of benzene rings is 9. The van der Waals surface area contributed by atoms with Crippen molar-refractivity contribution in [1.29, 1.82) is 0 Å². The number of nitrogens with zero attached hydrogens (tertiary/aromatic N) is 4. The molecule has 0 atom stereocenters. The molecule has 60 heavy (non-hydrogen) atoms. The number of aromatic nitrogens is 2. The quantitative estimate of drug-likeness (QED) is 0.162. The first-order chi connectivity index (χ1) is 29.7. The third-order valence-corrected chi connectivity index (χ3v) is 13.0. The number of hydrogen-bond donors (Lipinski definition) is 0. The molecule has 2 aliphatic heterocycles. The molecule has 0 amide bonds. The molecule has 13 rings (SSSR count). The first-order valence-electron chi connectivity index (χ1n) is 20.8. The Kier molecular flexibility index (Phi) is 6.99. The summed E-state index contributed by atoms with van der Waals surface area (Å²) < 4.78 is 5.07. The molecule has 4 heterocycles. The van der Waals surface area contributed by atoms with E-state index in [2.05, 4.69) is 232 Å². The molecule has 5 heteroatoms. The van der Waals surface area contributed by atoms with Crippen LogP contribution in [0.5, 0.6) is 0 Å². The predicted molar refractivity (Wildman–Crippen MR) is 254 cm³/mol. The first-order valence-corrected chi connectivity index (χ1v) is 20.8. The van der Waals surface area contributed by atoms with Crippen LogP contribution in [-0.2, 0) is 0 Å². The molecule has 0 radical (unpaired) electrons. The van der Waals surface area contributed by atoms with E-state index >= 15 is 0 Å². The van der Waals surface area contributed by atoms with E-state index in [0.29, 0.717) is 0 Å². The van der Waals surface area contributed by atoms with Crippen LogP contribution in [0.15, 0.2) is 206 Å². The average Bonchev–Trinajstić information content (AvgIpc) is 3.83. The lowest BCUT2D eigenvalue weighted by molar-refractivity contribution is 1.16. The van der Waals surface area contributed by atoms with Gasteiger partial charge in [-0.15, -0.1) is 0 Å². The third kappa shape index (κ3) is 4.52. The van der Waals surface area contributed by atoms with Crippen LogP contribution >= 0.6 is 0 Å². The van der Waals surface area contributed by atoms with Crippen molar-refractivity contribution in [3.8, 4) is 22.5 Å². The van der Waals surface area contributed by atoms with Crippen molar-refractivity contribution in [1.82, 2.24) is 9.13 Å². The number of aryl methyl sites for hydroxylation is 1. The zero-order valence-electron chi connectivity index (χ0n) is 33.0. The molecule has 0 spiro atoms. The van der Waals surface area contributed by atoms with Crippen LogP contribution in [0.1, 0.15) is 5.56 Å². The summed E-state index contributed by atoms with van der Waals surface area (Å²) in [6.07, 6.45) is 0. The Balaban J connectivity index is 1.25. The van der Waals surface area contributed by atoms with E-state index in [0.717, 1.165) is 22.7 Å². The minimum Gasteiger partial charge on any atom is -0.374 e. The number of anilines is 5. The van der Waals surface area contributed by atoms with Gasteiger partial charge in [0.05, 0.1) is 27.8 Å². The van der Waals surface area contributed by atoms with Gasteiger partial charge in [-0.3, -0.25) is 0 Å². The summed E-state index contributed by atoms with van der Waals surface area (Å²) in [4.78, 5) is 5.11. The predicted octanol–water partition coefficient (Wildman–Crippen LogP) is 12.9. The molecule has 4 nitrogen and oxygen atoms in total. The van der Waals surface area contributed by atoms with Crippen LogP contribution in [0, 0.1) is 6.92 Å². The summed E-state index contributed by atoms with van der Waals surface area (Å²) in [5.41, 5.74) is 19.3.